The molecule has 1 aromatic heterocycles. The van der Waals surface area contributed by atoms with Crippen LogP contribution < -0.4 is 16.0 Å². The highest BCUT2D eigenvalue weighted by Gasteiger charge is 2.26. The van der Waals surface area contributed by atoms with Crippen molar-refractivity contribution in [2.24, 2.45) is 4.99 Å². The van der Waals surface area contributed by atoms with Gasteiger partial charge in [-0.2, -0.15) is 0 Å². The number of hydrogen-bond acceptors (Lipinski definition) is 4. The highest BCUT2D eigenvalue weighted by Crippen LogP contribution is 2.19. The molecule has 1 saturated carbocycles. The molecule has 4 N–H and O–H groups in total. The van der Waals surface area contributed by atoms with Gasteiger partial charge < -0.3 is 25.5 Å². The Morgan fingerprint density at radius 1 is 1.35 bits per heavy atom. The number of guanidine groups is 1. The minimum Gasteiger partial charge on any atom is -0.466 e. The summed E-state index contributed by atoms with van der Waals surface area (Å²) in [5, 5.41) is 19.6. The van der Waals surface area contributed by atoms with E-state index in [0.717, 1.165) is 12.8 Å². The summed E-state index contributed by atoms with van der Waals surface area (Å²) in [5.74, 6) is 0.904. The standard InChI is InChI=1S/C18H30N4O3.HI/c1-3-19-17(21-13-18(2,24)15-10-7-11-25-15)20-12-16(23)22-14-8-5-4-6-9-14;/h7,10-11,14,24H,3-6,8-9,12-13H2,1-2H3,(H,22,23)(H2,19,20,21);1H. The molecule has 148 valence electrons. The number of hydrogen-bond donors (Lipinski definition) is 4. The van der Waals surface area contributed by atoms with Gasteiger partial charge in [0, 0.05) is 12.6 Å². The molecule has 2 rings (SSSR count). The quantitative estimate of drug-likeness (QED) is 0.274. The van der Waals surface area contributed by atoms with Crippen LogP contribution in [0, 0.1) is 0 Å². The fourth-order valence-corrected chi connectivity index (χ4v) is 2.94. The van der Waals surface area contributed by atoms with Crippen LogP contribution >= 0.6 is 24.0 Å². The van der Waals surface area contributed by atoms with E-state index in [-0.39, 0.29) is 49.0 Å². The molecule has 1 fully saturated rings. The van der Waals surface area contributed by atoms with E-state index in [1.54, 1.807) is 19.1 Å². The maximum absolute atomic E-state index is 12.1. The second kappa shape index (κ2) is 11.4. The third-order valence-electron chi connectivity index (χ3n) is 4.35. The Labute approximate surface area is 172 Å². The predicted octanol–water partition coefficient (Wildman–Crippen LogP) is 2.11. The number of amides is 1. The van der Waals surface area contributed by atoms with Crippen LogP contribution in [0.1, 0.15) is 51.7 Å². The zero-order valence-electron chi connectivity index (χ0n) is 15.6. The molecule has 1 aliphatic rings. The van der Waals surface area contributed by atoms with Crippen molar-refractivity contribution in [2.75, 3.05) is 19.6 Å². The van der Waals surface area contributed by atoms with Crippen molar-refractivity contribution in [1.29, 1.82) is 0 Å². The molecule has 1 atom stereocenters. The van der Waals surface area contributed by atoms with Gasteiger partial charge in [0.05, 0.1) is 12.8 Å². The van der Waals surface area contributed by atoms with E-state index in [0.29, 0.717) is 18.3 Å². The number of nitrogens with zero attached hydrogens (tertiary/aromatic N) is 1. The van der Waals surface area contributed by atoms with Crippen molar-refractivity contribution >= 4 is 35.8 Å². The molecule has 0 spiro atoms. The fourth-order valence-electron chi connectivity index (χ4n) is 2.94. The molecular formula is C18H31IN4O3. The SMILES string of the molecule is CCNC(=NCC(=O)NC1CCCCC1)NCC(C)(O)c1ccco1.I. The van der Waals surface area contributed by atoms with Crippen LogP contribution in [0.25, 0.3) is 0 Å². The molecule has 0 radical (unpaired) electrons. The Bertz CT molecular complexity index is 555. The number of carbonyl (C=O) groups is 1. The summed E-state index contributed by atoms with van der Waals surface area (Å²) >= 11 is 0. The van der Waals surface area contributed by atoms with Crippen LogP contribution in [0.3, 0.4) is 0 Å². The number of furan rings is 1. The third-order valence-corrected chi connectivity index (χ3v) is 4.35. The molecule has 26 heavy (non-hydrogen) atoms. The van der Waals surface area contributed by atoms with Crippen molar-refractivity contribution < 1.29 is 14.3 Å². The first-order valence-electron chi connectivity index (χ1n) is 9.09. The average molecular weight is 478 g/mol. The van der Waals surface area contributed by atoms with Crippen LogP contribution in [0.5, 0.6) is 0 Å². The zero-order chi connectivity index (χ0) is 18.1. The summed E-state index contributed by atoms with van der Waals surface area (Å²) < 4.78 is 5.26. The lowest BCUT2D eigenvalue weighted by Crippen LogP contribution is -2.45. The van der Waals surface area contributed by atoms with E-state index >= 15 is 0 Å². The maximum Gasteiger partial charge on any atom is 0.242 e. The van der Waals surface area contributed by atoms with Gasteiger partial charge in [0.1, 0.15) is 17.9 Å². The van der Waals surface area contributed by atoms with Crippen molar-refractivity contribution in [1.82, 2.24) is 16.0 Å². The lowest BCUT2D eigenvalue weighted by Gasteiger charge is -2.23. The van der Waals surface area contributed by atoms with Gasteiger partial charge in [-0.15, -0.1) is 24.0 Å². The highest BCUT2D eigenvalue weighted by molar-refractivity contribution is 14.0. The number of rotatable bonds is 7. The van der Waals surface area contributed by atoms with E-state index in [2.05, 4.69) is 20.9 Å². The lowest BCUT2D eigenvalue weighted by atomic mass is 9.95. The molecule has 1 amide bonds. The van der Waals surface area contributed by atoms with Crippen molar-refractivity contribution in [2.45, 2.75) is 57.6 Å². The van der Waals surface area contributed by atoms with Gasteiger partial charge in [-0.1, -0.05) is 19.3 Å². The minimum absolute atomic E-state index is 0. The summed E-state index contributed by atoms with van der Waals surface area (Å²) in [4.78, 5) is 16.4. The second-order valence-corrected chi connectivity index (χ2v) is 6.70. The molecule has 1 aromatic rings. The first-order valence-corrected chi connectivity index (χ1v) is 9.09. The van der Waals surface area contributed by atoms with Crippen molar-refractivity contribution in [3.05, 3.63) is 24.2 Å². The largest absolute Gasteiger partial charge is 0.466 e. The molecule has 0 bridgehead atoms. The third kappa shape index (κ3) is 7.53. The lowest BCUT2D eigenvalue weighted by molar-refractivity contribution is -0.120. The van der Waals surface area contributed by atoms with Gasteiger partial charge in [0.2, 0.25) is 5.91 Å². The Morgan fingerprint density at radius 2 is 2.08 bits per heavy atom. The molecule has 0 aliphatic heterocycles. The number of carbonyl (C=O) groups excluding carboxylic acids is 1. The molecule has 0 saturated heterocycles. The van der Waals surface area contributed by atoms with Gasteiger partial charge in [-0.3, -0.25) is 4.79 Å². The van der Waals surface area contributed by atoms with Crippen LogP contribution in [-0.4, -0.2) is 42.6 Å². The van der Waals surface area contributed by atoms with E-state index < -0.39 is 5.60 Å². The Balaban J connectivity index is 0.00000338. The average Bonchev–Trinajstić information content (AvgIpc) is 3.14. The number of halogens is 1. The van der Waals surface area contributed by atoms with Gasteiger partial charge in [0.15, 0.2) is 5.96 Å². The molecule has 1 heterocycles. The summed E-state index contributed by atoms with van der Waals surface area (Å²) in [5.41, 5.74) is -1.16. The molecule has 7 nitrogen and oxygen atoms in total. The first kappa shape index (κ1) is 22.8. The van der Waals surface area contributed by atoms with Crippen LogP contribution in [0.2, 0.25) is 0 Å². The van der Waals surface area contributed by atoms with Gasteiger partial charge in [-0.25, -0.2) is 4.99 Å². The number of aliphatic hydroxyl groups is 1. The first-order chi connectivity index (χ1) is 12.0. The monoisotopic (exact) mass is 478 g/mol. The Morgan fingerprint density at radius 3 is 2.69 bits per heavy atom. The van der Waals surface area contributed by atoms with E-state index in [4.69, 9.17) is 4.42 Å². The van der Waals surface area contributed by atoms with Crippen molar-refractivity contribution in [3.63, 3.8) is 0 Å². The number of aliphatic imine (C=N–C) groups is 1. The minimum atomic E-state index is -1.16. The molecule has 1 aliphatic carbocycles. The van der Waals surface area contributed by atoms with Crippen LogP contribution in [0.4, 0.5) is 0 Å². The zero-order valence-corrected chi connectivity index (χ0v) is 17.9. The topological polar surface area (TPSA) is 98.9 Å². The number of nitrogens with one attached hydrogen (secondary N) is 3. The second-order valence-electron chi connectivity index (χ2n) is 6.70. The molecule has 0 aromatic carbocycles. The summed E-state index contributed by atoms with van der Waals surface area (Å²) in [6, 6.07) is 3.74. The molecule has 1 unspecified atom stereocenters. The Kier molecular flexibility index (Phi) is 10.0. The van der Waals surface area contributed by atoms with Crippen LogP contribution in [-0.2, 0) is 10.4 Å². The van der Waals surface area contributed by atoms with E-state index in [9.17, 15) is 9.90 Å². The smallest absolute Gasteiger partial charge is 0.242 e. The molecule has 8 heteroatoms. The summed E-state index contributed by atoms with van der Waals surface area (Å²) in [7, 11) is 0. The maximum atomic E-state index is 12.1. The predicted molar refractivity (Wildman–Crippen MR) is 113 cm³/mol. The van der Waals surface area contributed by atoms with Gasteiger partial charge in [0.25, 0.3) is 0 Å². The van der Waals surface area contributed by atoms with Gasteiger partial charge >= 0.3 is 0 Å². The van der Waals surface area contributed by atoms with Crippen LogP contribution in [0.15, 0.2) is 27.8 Å². The summed E-state index contributed by atoms with van der Waals surface area (Å²) in [6.07, 6.45) is 7.26. The van der Waals surface area contributed by atoms with Gasteiger partial charge in [-0.05, 0) is 38.8 Å². The normalized spacial score (nSPS) is 17.7. The Hall–Kier alpha value is -1.29. The van der Waals surface area contributed by atoms with E-state index in [1.165, 1.54) is 25.5 Å². The van der Waals surface area contributed by atoms with E-state index in [1.807, 2.05) is 6.92 Å². The summed E-state index contributed by atoms with van der Waals surface area (Å²) in [6.45, 7) is 4.56. The molecular weight excluding hydrogens is 447 g/mol. The fraction of sp³-hybridized carbons (Fsp3) is 0.667. The van der Waals surface area contributed by atoms with Crippen molar-refractivity contribution in [3.8, 4) is 0 Å². The highest BCUT2D eigenvalue weighted by atomic mass is 127.